The average Bonchev–Trinajstić information content (AvgIpc) is 3.36. The molecule has 0 unspecified atom stereocenters. The first-order valence-electron chi connectivity index (χ1n) is 15.1. The number of unbranched alkanes of at least 4 members (excludes halogenated alkanes) is 3. The molecule has 1 aromatic carbocycles. The number of aromatic nitrogens is 2. The van der Waals surface area contributed by atoms with Crippen LogP contribution in [0.3, 0.4) is 0 Å². The van der Waals surface area contributed by atoms with Gasteiger partial charge in [0.15, 0.2) is 5.60 Å². The van der Waals surface area contributed by atoms with E-state index in [1.54, 1.807) is 23.0 Å². The normalized spacial score (nSPS) is 17.0. The van der Waals surface area contributed by atoms with Crippen LogP contribution in [0.2, 0.25) is 0 Å². The predicted molar refractivity (Wildman–Crippen MR) is 160 cm³/mol. The molecule has 11 heteroatoms. The molecule has 0 spiro atoms. The quantitative estimate of drug-likeness (QED) is 0.0792. The van der Waals surface area contributed by atoms with E-state index in [2.05, 4.69) is 19.2 Å². The van der Waals surface area contributed by atoms with Crippen LogP contribution < -0.4 is 21.1 Å². The highest BCUT2D eigenvalue weighted by Gasteiger charge is 2.45. The van der Waals surface area contributed by atoms with E-state index < -0.39 is 11.6 Å². The molecule has 2 aliphatic heterocycles. The van der Waals surface area contributed by atoms with Crippen LogP contribution in [-0.4, -0.2) is 50.9 Å². The molecule has 0 saturated carbocycles. The van der Waals surface area contributed by atoms with Crippen molar-refractivity contribution < 1.29 is 29.4 Å². The highest BCUT2D eigenvalue weighted by atomic mass is 16.6. The Labute approximate surface area is 250 Å². The number of fused-ring (bicyclic) bond motifs is 5. The molecule has 1 amide bonds. The molecule has 0 saturated heterocycles. The number of ether oxygens (including phenoxy) is 2. The number of carbonyl (C=O) groups excluding carboxylic acids is 2. The van der Waals surface area contributed by atoms with E-state index in [1.807, 2.05) is 18.2 Å². The molecule has 230 valence electrons. The number of aliphatic hydroxyl groups is 1. The minimum absolute atomic E-state index is 0.0928. The van der Waals surface area contributed by atoms with E-state index in [1.165, 1.54) is 0 Å². The van der Waals surface area contributed by atoms with Crippen LogP contribution in [-0.2, 0) is 39.5 Å². The summed E-state index contributed by atoms with van der Waals surface area (Å²) < 4.78 is 13.0. The molecule has 0 radical (unpaired) electrons. The van der Waals surface area contributed by atoms with Crippen molar-refractivity contribution in [3.05, 3.63) is 56.9 Å². The summed E-state index contributed by atoms with van der Waals surface area (Å²) in [5, 5.41) is 24.2. The fourth-order valence-electron chi connectivity index (χ4n) is 5.99. The summed E-state index contributed by atoms with van der Waals surface area (Å²) >= 11 is 0. The Morgan fingerprint density at radius 1 is 1.16 bits per heavy atom. The first-order valence-corrected chi connectivity index (χ1v) is 15.1. The van der Waals surface area contributed by atoms with Crippen LogP contribution in [0.25, 0.3) is 22.3 Å². The summed E-state index contributed by atoms with van der Waals surface area (Å²) in [5.41, 5.74) is 4.21. The van der Waals surface area contributed by atoms with Crippen molar-refractivity contribution in [1.82, 2.24) is 20.3 Å². The Kier molecular flexibility index (Phi) is 9.14. The van der Waals surface area contributed by atoms with Crippen LogP contribution in [0.5, 0.6) is 5.75 Å². The summed E-state index contributed by atoms with van der Waals surface area (Å²) in [4.78, 5) is 42.4. The Hall–Kier alpha value is -3.80. The van der Waals surface area contributed by atoms with Gasteiger partial charge >= 0.3 is 5.97 Å². The standard InChI is InChI=1S/C32H40N4O7/c1-4-32(40)25-16-27-29-23(17-36(27)30(38)24(25)18-43-31(32)39)21(12-13-33-19(2)3)22-15-20(10-11-26(22)34-29)42-14-8-6-5-7-9-28(37)35-41/h10-11,15-16,19,33,40-41H,4-9,12-14,17-18H2,1-3H3,(H,35,37)/t32-/m0/s1. The number of pyridine rings is 2. The molecule has 43 heavy (non-hydrogen) atoms. The molecule has 0 bridgehead atoms. The van der Waals surface area contributed by atoms with Crippen molar-refractivity contribution in [3.63, 3.8) is 0 Å². The molecule has 3 aromatic rings. The van der Waals surface area contributed by atoms with Crippen molar-refractivity contribution in [2.45, 2.75) is 90.5 Å². The summed E-state index contributed by atoms with van der Waals surface area (Å²) in [6.45, 7) is 7.34. The fraction of sp³-hybridized carbons (Fsp3) is 0.500. The third-order valence-corrected chi connectivity index (χ3v) is 8.40. The molecule has 4 N–H and O–H groups in total. The number of hydrogen-bond donors (Lipinski definition) is 4. The van der Waals surface area contributed by atoms with Gasteiger partial charge in [0.1, 0.15) is 12.4 Å². The van der Waals surface area contributed by atoms with E-state index in [9.17, 15) is 19.5 Å². The number of benzene rings is 1. The molecule has 0 fully saturated rings. The largest absolute Gasteiger partial charge is 0.494 e. The lowest BCUT2D eigenvalue weighted by Gasteiger charge is -2.31. The molecule has 11 nitrogen and oxygen atoms in total. The number of nitrogens with zero attached hydrogens (tertiary/aromatic N) is 2. The SMILES string of the molecule is CC[C@@]1(O)C(=O)OCc2c1cc1n(c2=O)Cc2c-1nc1ccc(OCCCCCCC(=O)NO)cc1c2CCNC(C)C. The molecule has 2 aromatic heterocycles. The van der Waals surface area contributed by atoms with Gasteiger partial charge in [-0.3, -0.25) is 14.8 Å². The topological polar surface area (TPSA) is 152 Å². The summed E-state index contributed by atoms with van der Waals surface area (Å²) in [6, 6.07) is 7.89. The Balaban J connectivity index is 1.46. The van der Waals surface area contributed by atoms with Gasteiger partial charge in [-0.25, -0.2) is 15.3 Å². The van der Waals surface area contributed by atoms with Gasteiger partial charge in [0.25, 0.3) is 5.56 Å². The zero-order valence-corrected chi connectivity index (χ0v) is 25.0. The van der Waals surface area contributed by atoms with E-state index in [-0.39, 0.29) is 24.5 Å². The molecule has 2 aliphatic rings. The van der Waals surface area contributed by atoms with E-state index in [0.29, 0.717) is 61.0 Å². The van der Waals surface area contributed by atoms with Crippen molar-refractivity contribution in [2.24, 2.45) is 0 Å². The van der Waals surface area contributed by atoms with Gasteiger partial charge in [-0.2, -0.15) is 0 Å². The number of amides is 1. The molecule has 1 atom stereocenters. The number of carbonyl (C=O) groups is 2. The Morgan fingerprint density at radius 3 is 2.70 bits per heavy atom. The van der Waals surface area contributed by atoms with Gasteiger partial charge in [-0.05, 0) is 62.1 Å². The monoisotopic (exact) mass is 592 g/mol. The van der Waals surface area contributed by atoms with E-state index in [4.69, 9.17) is 19.7 Å². The molecular weight excluding hydrogens is 552 g/mol. The Bertz CT molecular complexity index is 1600. The third kappa shape index (κ3) is 6.02. The molecule has 0 aliphatic carbocycles. The smallest absolute Gasteiger partial charge is 0.343 e. The zero-order valence-electron chi connectivity index (χ0n) is 25.0. The second-order valence-corrected chi connectivity index (χ2v) is 11.6. The number of hydroxylamine groups is 1. The van der Waals surface area contributed by atoms with Gasteiger partial charge in [0, 0.05) is 29.0 Å². The summed E-state index contributed by atoms with van der Waals surface area (Å²) in [6.07, 6.45) is 4.44. The zero-order chi connectivity index (χ0) is 30.7. The fourth-order valence-corrected chi connectivity index (χ4v) is 5.99. The maximum Gasteiger partial charge on any atom is 0.343 e. The van der Waals surface area contributed by atoms with Crippen molar-refractivity contribution >= 4 is 22.8 Å². The van der Waals surface area contributed by atoms with Gasteiger partial charge in [0.05, 0.1) is 35.6 Å². The highest BCUT2D eigenvalue weighted by Crippen LogP contribution is 2.40. The summed E-state index contributed by atoms with van der Waals surface area (Å²) in [5.74, 6) is -0.372. The molecular formula is C32H40N4O7. The number of cyclic esters (lactones) is 1. The van der Waals surface area contributed by atoms with Gasteiger partial charge < -0.3 is 24.5 Å². The predicted octanol–water partition coefficient (Wildman–Crippen LogP) is 3.45. The second-order valence-electron chi connectivity index (χ2n) is 11.6. The van der Waals surface area contributed by atoms with E-state index >= 15 is 0 Å². The van der Waals surface area contributed by atoms with Crippen molar-refractivity contribution in [1.29, 1.82) is 0 Å². The molecule has 5 rings (SSSR count). The lowest BCUT2D eigenvalue weighted by atomic mass is 9.86. The average molecular weight is 593 g/mol. The van der Waals surface area contributed by atoms with Crippen LogP contribution in [0.4, 0.5) is 0 Å². The summed E-state index contributed by atoms with van der Waals surface area (Å²) in [7, 11) is 0. The van der Waals surface area contributed by atoms with Crippen LogP contribution in [0.15, 0.2) is 29.1 Å². The first kappa shape index (κ1) is 30.7. The second kappa shape index (κ2) is 12.8. The van der Waals surface area contributed by atoms with Gasteiger partial charge in [-0.1, -0.05) is 33.6 Å². The van der Waals surface area contributed by atoms with Crippen molar-refractivity contribution in [3.8, 4) is 17.1 Å². The minimum atomic E-state index is -1.87. The Morgan fingerprint density at radius 2 is 1.95 bits per heavy atom. The van der Waals surface area contributed by atoms with Crippen LogP contribution >= 0.6 is 0 Å². The lowest BCUT2D eigenvalue weighted by Crippen LogP contribution is -2.44. The number of rotatable bonds is 13. The van der Waals surface area contributed by atoms with Crippen LogP contribution in [0, 0.1) is 0 Å². The van der Waals surface area contributed by atoms with Crippen LogP contribution in [0.1, 0.15) is 81.5 Å². The first-order chi connectivity index (χ1) is 20.7. The lowest BCUT2D eigenvalue weighted by molar-refractivity contribution is -0.172. The maximum absolute atomic E-state index is 13.7. The third-order valence-electron chi connectivity index (χ3n) is 8.40. The van der Waals surface area contributed by atoms with E-state index in [0.717, 1.165) is 53.6 Å². The van der Waals surface area contributed by atoms with Gasteiger partial charge in [-0.15, -0.1) is 0 Å². The maximum atomic E-state index is 13.7. The van der Waals surface area contributed by atoms with Crippen molar-refractivity contribution in [2.75, 3.05) is 13.2 Å². The highest BCUT2D eigenvalue weighted by molar-refractivity contribution is 5.90. The van der Waals surface area contributed by atoms with Gasteiger partial charge in [0.2, 0.25) is 5.91 Å². The number of nitrogens with one attached hydrogen (secondary N) is 2. The number of hydrogen-bond acceptors (Lipinski definition) is 9. The number of esters is 1. The minimum Gasteiger partial charge on any atom is -0.494 e. The molecule has 4 heterocycles.